The van der Waals surface area contributed by atoms with Gasteiger partial charge >= 0.3 is 0 Å². The lowest BCUT2D eigenvalue weighted by Crippen LogP contribution is -2.55. The summed E-state index contributed by atoms with van der Waals surface area (Å²) in [5.41, 5.74) is 0.298. The molecular formula is C30H36FN3O5S. The molecule has 40 heavy (non-hydrogen) atoms. The van der Waals surface area contributed by atoms with E-state index in [9.17, 15) is 22.4 Å². The highest BCUT2D eigenvalue weighted by Crippen LogP contribution is 2.27. The molecule has 0 heterocycles. The summed E-state index contributed by atoms with van der Waals surface area (Å²) in [4.78, 5) is 28.7. The van der Waals surface area contributed by atoms with Crippen LogP contribution in [0.1, 0.15) is 39.7 Å². The van der Waals surface area contributed by atoms with Crippen molar-refractivity contribution in [1.29, 1.82) is 0 Å². The van der Waals surface area contributed by atoms with Crippen molar-refractivity contribution in [2.75, 3.05) is 18.0 Å². The molecular weight excluding hydrogens is 533 g/mol. The number of rotatable bonds is 11. The lowest BCUT2D eigenvalue weighted by atomic mass is 10.1. The third kappa shape index (κ3) is 7.81. The molecule has 3 aromatic carbocycles. The fourth-order valence-corrected chi connectivity index (χ4v) is 5.59. The summed E-state index contributed by atoms with van der Waals surface area (Å²) >= 11 is 0. The largest absolute Gasteiger partial charge is 0.497 e. The number of carbonyl (C=O) groups is 2. The van der Waals surface area contributed by atoms with Gasteiger partial charge in [-0.05, 0) is 81.3 Å². The maximum absolute atomic E-state index is 14.0. The van der Waals surface area contributed by atoms with E-state index in [1.807, 2.05) is 20.8 Å². The van der Waals surface area contributed by atoms with Gasteiger partial charge in [0.15, 0.2) is 0 Å². The monoisotopic (exact) mass is 569 g/mol. The fraction of sp³-hybridized carbons (Fsp3) is 0.333. The first-order valence-electron chi connectivity index (χ1n) is 12.9. The smallest absolute Gasteiger partial charge is 0.264 e. The number of hydrogen-bond acceptors (Lipinski definition) is 5. The number of sulfonamides is 1. The molecule has 0 saturated heterocycles. The van der Waals surface area contributed by atoms with Gasteiger partial charge in [0.25, 0.3) is 10.0 Å². The van der Waals surface area contributed by atoms with Gasteiger partial charge in [0, 0.05) is 12.1 Å². The van der Waals surface area contributed by atoms with E-state index in [1.54, 1.807) is 49.4 Å². The molecule has 3 rings (SSSR count). The van der Waals surface area contributed by atoms with E-state index in [0.29, 0.717) is 11.3 Å². The quantitative estimate of drug-likeness (QED) is 0.360. The van der Waals surface area contributed by atoms with Gasteiger partial charge in [-0.1, -0.05) is 37.3 Å². The molecule has 0 aliphatic heterocycles. The van der Waals surface area contributed by atoms with Crippen LogP contribution in [0.2, 0.25) is 0 Å². The lowest BCUT2D eigenvalue weighted by Gasteiger charge is -2.34. The number of methoxy groups -OCH3 is 1. The topological polar surface area (TPSA) is 96.0 Å². The van der Waals surface area contributed by atoms with E-state index in [1.165, 1.54) is 48.4 Å². The molecule has 214 valence electrons. The molecule has 0 radical (unpaired) electrons. The summed E-state index contributed by atoms with van der Waals surface area (Å²) in [7, 11) is -2.67. The zero-order chi connectivity index (χ0) is 29.5. The maximum atomic E-state index is 14.0. The van der Waals surface area contributed by atoms with Gasteiger partial charge in [0.1, 0.15) is 24.2 Å². The SMILES string of the molecule is CC[C@H](C(=O)NC(C)(C)C)N(Cc1ccc(F)cc1)C(=O)CN(c1ccc(OC)cc1)S(=O)(=O)c1ccccc1. The van der Waals surface area contributed by atoms with E-state index >= 15 is 0 Å². The Kier molecular flexibility index (Phi) is 9.92. The summed E-state index contributed by atoms with van der Waals surface area (Å²) in [6.45, 7) is 6.70. The van der Waals surface area contributed by atoms with Crippen molar-refractivity contribution in [2.24, 2.45) is 0 Å². The highest BCUT2D eigenvalue weighted by molar-refractivity contribution is 7.92. The maximum Gasteiger partial charge on any atom is 0.264 e. The van der Waals surface area contributed by atoms with Gasteiger partial charge in [-0.15, -0.1) is 0 Å². The first-order chi connectivity index (χ1) is 18.9. The molecule has 3 aromatic rings. The number of carbonyl (C=O) groups excluding carboxylic acids is 2. The Balaban J connectivity index is 2.06. The van der Waals surface area contributed by atoms with Crippen LogP contribution in [0.4, 0.5) is 10.1 Å². The van der Waals surface area contributed by atoms with Crippen molar-refractivity contribution in [2.45, 2.75) is 57.1 Å². The summed E-state index contributed by atoms with van der Waals surface area (Å²) in [6, 6.07) is 18.9. The standard InChI is InChI=1S/C30H36FN3O5S/c1-6-27(29(36)32-30(2,3)4)33(20-22-12-14-23(31)15-13-22)28(35)21-34(24-16-18-25(39-5)19-17-24)40(37,38)26-10-8-7-9-11-26/h7-19,27H,6,20-21H2,1-5H3,(H,32,36)/t27-/m1/s1. The van der Waals surface area contributed by atoms with Crippen molar-refractivity contribution in [3.63, 3.8) is 0 Å². The second kappa shape index (κ2) is 13.0. The Morgan fingerprint density at radius 1 is 0.950 bits per heavy atom. The number of nitrogens with zero attached hydrogens (tertiary/aromatic N) is 2. The second-order valence-electron chi connectivity index (χ2n) is 10.3. The molecule has 0 aliphatic carbocycles. The summed E-state index contributed by atoms with van der Waals surface area (Å²) in [5, 5.41) is 2.92. The predicted octanol–water partition coefficient (Wildman–Crippen LogP) is 4.75. The van der Waals surface area contributed by atoms with Crippen LogP contribution in [-0.2, 0) is 26.2 Å². The Labute approximate surface area is 235 Å². The molecule has 0 unspecified atom stereocenters. The third-order valence-electron chi connectivity index (χ3n) is 6.12. The van der Waals surface area contributed by atoms with E-state index < -0.39 is 39.9 Å². The molecule has 0 saturated carbocycles. The summed E-state index contributed by atoms with van der Waals surface area (Å²) < 4.78 is 47.4. The number of nitrogens with one attached hydrogen (secondary N) is 1. The van der Waals surface area contributed by atoms with Crippen LogP contribution < -0.4 is 14.4 Å². The number of amides is 2. The van der Waals surface area contributed by atoms with Gasteiger partial charge in [-0.3, -0.25) is 13.9 Å². The summed E-state index contributed by atoms with van der Waals surface area (Å²) in [5.74, 6) is -0.864. The van der Waals surface area contributed by atoms with Gasteiger partial charge in [-0.25, -0.2) is 12.8 Å². The van der Waals surface area contributed by atoms with Gasteiger partial charge in [0.05, 0.1) is 17.7 Å². The Bertz CT molecular complexity index is 1390. The van der Waals surface area contributed by atoms with Crippen molar-refractivity contribution < 1.29 is 27.1 Å². The Morgan fingerprint density at radius 3 is 2.08 bits per heavy atom. The van der Waals surface area contributed by atoms with Crippen LogP contribution in [0.25, 0.3) is 0 Å². The number of ether oxygens (including phenoxy) is 1. The van der Waals surface area contributed by atoms with E-state index in [0.717, 1.165) is 4.31 Å². The molecule has 8 nitrogen and oxygen atoms in total. The molecule has 2 amide bonds. The van der Waals surface area contributed by atoms with Gasteiger partial charge in [-0.2, -0.15) is 0 Å². The molecule has 0 bridgehead atoms. The van der Waals surface area contributed by atoms with Crippen LogP contribution in [0.15, 0.2) is 83.8 Å². The van der Waals surface area contributed by atoms with Crippen molar-refractivity contribution in [1.82, 2.24) is 10.2 Å². The molecule has 1 atom stereocenters. The first-order valence-corrected chi connectivity index (χ1v) is 14.4. The third-order valence-corrected chi connectivity index (χ3v) is 7.91. The second-order valence-corrected chi connectivity index (χ2v) is 12.2. The molecule has 1 N–H and O–H groups in total. The van der Waals surface area contributed by atoms with E-state index in [4.69, 9.17) is 4.74 Å². The minimum Gasteiger partial charge on any atom is -0.497 e. The highest BCUT2D eigenvalue weighted by atomic mass is 32.2. The van der Waals surface area contributed by atoms with Crippen molar-refractivity contribution in [3.05, 3.63) is 90.2 Å². The highest BCUT2D eigenvalue weighted by Gasteiger charge is 2.34. The fourth-order valence-electron chi connectivity index (χ4n) is 4.16. The van der Waals surface area contributed by atoms with E-state index in [2.05, 4.69) is 5.32 Å². The van der Waals surface area contributed by atoms with Crippen LogP contribution in [0.5, 0.6) is 5.75 Å². The summed E-state index contributed by atoms with van der Waals surface area (Å²) in [6.07, 6.45) is 0.281. The van der Waals surface area contributed by atoms with E-state index in [-0.39, 0.29) is 29.5 Å². The van der Waals surface area contributed by atoms with Crippen molar-refractivity contribution in [3.8, 4) is 5.75 Å². The minimum absolute atomic E-state index is 0.0150. The minimum atomic E-state index is -4.17. The van der Waals surface area contributed by atoms with Crippen LogP contribution >= 0.6 is 0 Å². The zero-order valence-electron chi connectivity index (χ0n) is 23.4. The molecule has 10 heteroatoms. The number of anilines is 1. The molecule has 0 aromatic heterocycles. The number of benzene rings is 3. The molecule has 0 aliphatic rings. The zero-order valence-corrected chi connectivity index (χ0v) is 24.2. The average Bonchev–Trinajstić information content (AvgIpc) is 2.92. The Morgan fingerprint density at radius 2 is 1.55 bits per heavy atom. The Hall–Kier alpha value is -3.92. The van der Waals surface area contributed by atoms with Crippen LogP contribution in [-0.4, -0.2) is 50.4 Å². The first kappa shape index (κ1) is 30.6. The molecule has 0 spiro atoms. The van der Waals surface area contributed by atoms with Crippen LogP contribution in [0.3, 0.4) is 0 Å². The number of hydrogen-bond donors (Lipinski definition) is 1. The van der Waals surface area contributed by atoms with Gasteiger partial charge < -0.3 is 15.0 Å². The lowest BCUT2D eigenvalue weighted by molar-refractivity contribution is -0.141. The molecule has 0 fully saturated rings. The van der Waals surface area contributed by atoms with Crippen LogP contribution in [0, 0.1) is 5.82 Å². The predicted molar refractivity (Wildman–Crippen MR) is 153 cm³/mol. The normalized spacial score (nSPS) is 12.3. The van der Waals surface area contributed by atoms with Crippen molar-refractivity contribution >= 4 is 27.5 Å². The average molecular weight is 570 g/mol. The number of halogens is 1. The van der Waals surface area contributed by atoms with Gasteiger partial charge in [0.2, 0.25) is 11.8 Å².